The fourth-order valence-corrected chi connectivity index (χ4v) is 3.60. The van der Waals surface area contributed by atoms with Gasteiger partial charge in [-0.15, -0.1) is 0 Å². The third-order valence-electron chi connectivity index (χ3n) is 4.44. The number of hydrogen-bond donors (Lipinski definition) is 0. The second kappa shape index (κ2) is 6.29. The first-order valence-electron chi connectivity index (χ1n) is 7.91. The van der Waals surface area contributed by atoms with Gasteiger partial charge >= 0.3 is 6.18 Å². The van der Waals surface area contributed by atoms with Crippen molar-refractivity contribution in [2.45, 2.75) is 18.6 Å². The largest absolute Gasteiger partial charge is 0.413 e. The molecule has 1 unspecified atom stereocenters. The summed E-state index contributed by atoms with van der Waals surface area (Å²) in [5.41, 5.74) is -0.0838. The van der Waals surface area contributed by atoms with E-state index in [4.69, 9.17) is 0 Å². The molecule has 0 aliphatic carbocycles. The van der Waals surface area contributed by atoms with Crippen LogP contribution in [-0.2, 0) is 6.42 Å². The van der Waals surface area contributed by atoms with E-state index < -0.39 is 23.9 Å². The van der Waals surface area contributed by atoms with E-state index in [0.29, 0.717) is 15.0 Å². The predicted octanol–water partition coefficient (Wildman–Crippen LogP) is 3.93. The SMILES string of the molecule is O=C(c1cc2ncc(Br)cn2n1)N1CCc2c(F)cccc2C1C(F)(F)F. The Labute approximate surface area is 158 Å². The molecule has 0 spiro atoms. The normalized spacial score (nSPS) is 17.2. The zero-order valence-corrected chi connectivity index (χ0v) is 15.1. The van der Waals surface area contributed by atoms with Crippen molar-refractivity contribution in [3.05, 3.63) is 63.8 Å². The van der Waals surface area contributed by atoms with Crippen LogP contribution in [0.1, 0.15) is 27.7 Å². The Morgan fingerprint density at radius 1 is 1.30 bits per heavy atom. The number of fused-ring (bicyclic) bond motifs is 2. The lowest BCUT2D eigenvalue weighted by atomic mass is 9.91. The van der Waals surface area contributed by atoms with E-state index in [1.54, 1.807) is 6.20 Å². The highest BCUT2D eigenvalue weighted by Gasteiger charge is 2.49. The molecule has 1 atom stereocenters. The maximum Gasteiger partial charge on any atom is 0.413 e. The topological polar surface area (TPSA) is 50.5 Å². The minimum absolute atomic E-state index is 0.00248. The summed E-state index contributed by atoms with van der Waals surface area (Å²) in [6.45, 7) is -0.262. The van der Waals surface area contributed by atoms with Crippen LogP contribution in [0.15, 0.2) is 41.1 Å². The van der Waals surface area contributed by atoms with Gasteiger partial charge in [-0.3, -0.25) is 4.79 Å². The molecule has 4 rings (SSSR count). The van der Waals surface area contributed by atoms with Crippen LogP contribution in [0.5, 0.6) is 0 Å². The lowest BCUT2D eigenvalue weighted by molar-refractivity contribution is -0.181. The summed E-state index contributed by atoms with van der Waals surface area (Å²) in [7, 11) is 0. The lowest BCUT2D eigenvalue weighted by Crippen LogP contribution is -2.46. The summed E-state index contributed by atoms with van der Waals surface area (Å²) in [6, 6.07) is 2.64. The summed E-state index contributed by atoms with van der Waals surface area (Å²) in [5.74, 6) is -1.58. The lowest BCUT2D eigenvalue weighted by Gasteiger charge is -2.38. The van der Waals surface area contributed by atoms with Crippen molar-refractivity contribution in [1.82, 2.24) is 19.5 Å². The number of aromatic nitrogens is 3. The van der Waals surface area contributed by atoms with E-state index in [0.717, 1.165) is 6.07 Å². The Morgan fingerprint density at radius 2 is 2.07 bits per heavy atom. The fraction of sp³-hybridized carbons (Fsp3) is 0.235. The fourth-order valence-electron chi connectivity index (χ4n) is 3.30. The Kier molecular flexibility index (Phi) is 4.17. The number of nitrogens with zero attached hydrogens (tertiary/aromatic N) is 4. The number of halogens is 5. The van der Waals surface area contributed by atoms with Gasteiger partial charge < -0.3 is 4.90 Å². The van der Waals surface area contributed by atoms with Crippen LogP contribution in [0.25, 0.3) is 5.65 Å². The van der Waals surface area contributed by atoms with Crippen LogP contribution in [0, 0.1) is 5.82 Å². The second-order valence-corrected chi connectivity index (χ2v) is 7.02. The number of carbonyl (C=O) groups excluding carboxylic acids is 1. The monoisotopic (exact) mass is 442 g/mol. The molecule has 1 amide bonds. The van der Waals surface area contributed by atoms with Crippen LogP contribution < -0.4 is 0 Å². The zero-order chi connectivity index (χ0) is 19.3. The number of carbonyl (C=O) groups is 1. The molecule has 1 aliphatic heterocycles. The van der Waals surface area contributed by atoms with Gasteiger partial charge in [-0.05, 0) is 39.5 Å². The highest BCUT2D eigenvalue weighted by molar-refractivity contribution is 9.10. The van der Waals surface area contributed by atoms with Gasteiger partial charge in [0.1, 0.15) is 5.82 Å². The first-order valence-corrected chi connectivity index (χ1v) is 8.71. The molecule has 140 valence electrons. The molecular formula is C17H11BrF4N4O. The first-order chi connectivity index (χ1) is 12.8. The Bertz CT molecular complexity index is 1050. The van der Waals surface area contributed by atoms with E-state index in [2.05, 4.69) is 26.0 Å². The minimum Gasteiger partial charge on any atom is -0.321 e. The Hall–Kier alpha value is -2.49. The molecule has 0 radical (unpaired) electrons. The molecule has 0 bridgehead atoms. The molecule has 27 heavy (non-hydrogen) atoms. The van der Waals surface area contributed by atoms with E-state index in [1.165, 1.54) is 28.9 Å². The molecule has 0 fully saturated rings. The van der Waals surface area contributed by atoms with Gasteiger partial charge in [0.25, 0.3) is 5.91 Å². The number of hydrogen-bond acceptors (Lipinski definition) is 3. The average Bonchev–Trinajstić information content (AvgIpc) is 3.02. The highest BCUT2D eigenvalue weighted by Crippen LogP contribution is 2.43. The summed E-state index contributed by atoms with van der Waals surface area (Å²) in [6.07, 6.45) is -1.72. The molecule has 5 nitrogen and oxygen atoms in total. The van der Waals surface area contributed by atoms with Crippen LogP contribution >= 0.6 is 15.9 Å². The third kappa shape index (κ3) is 3.07. The quantitative estimate of drug-likeness (QED) is 0.536. The number of rotatable bonds is 1. The molecule has 0 saturated carbocycles. The van der Waals surface area contributed by atoms with E-state index in [9.17, 15) is 22.4 Å². The van der Waals surface area contributed by atoms with Gasteiger partial charge in [-0.2, -0.15) is 18.3 Å². The van der Waals surface area contributed by atoms with Crippen LogP contribution in [0.2, 0.25) is 0 Å². The van der Waals surface area contributed by atoms with Crippen molar-refractivity contribution in [1.29, 1.82) is 0 Å². The molecule has 3 aromatic rings. The van der Waals surface area contributed by atoms with Gasteiger partial charge in [0.15, 0.2) is 17.4 Å². The number of alkyl halides is 3. The van der Waals surface area contributed by atoms with Crippen molar-refractivity contribution in [3.63, 3.8) is 0 Å². The smallest absolute Gasteiger partial charge is 0.321 e. The summed E-state index contributed by atoms with van der Waals surface area (Å²) < 4.78 is 57.2. The first kappa shape index (κ1) is 17.9. The van der Waals surface area contributed by atoms with Crippen molar-refractivity contribution >= 4 is 27.5 Å². The summed E-state index contributed by atoms with van der Waals surface area (Å²) in [4.78, 5) is 17.6. The van der Waals surface area contributed by atoms with E-state index in [-0.39, 0.29) is 29.8 Å². The molecule has 0 N–H and O–H groups in total. The van der Waals surface area contributed by atoms with Crippen molar-refractivity contribution in [2.75, 3.05) is 6.54 Å². The van der Waals surface area contributed by atoms with Crippen LogP contribution in [0.3, 0.4) is 0 Å². The Balaban J connectivity index is 1.78. The zero-order valence-electron chi connectivity index (χ0n) is 13.5. The Morgan fingerprint density at radius 3 is 2.81 bits per heavy atom. The standard InChI is InChI=1S/C17H11BrF4N4O/c18-9-7-23-14-6-13(24-26(14)8-9)16(27)25-5-4-10-11(2-1-3-12(10)19)15(25)17(20,21)22/h1-3,6-8,15H,4-5H2. The average molecular weight is 443 g/mol. The third-order valence-corrected chi connectivity index (χ3v) is 4.85. The van der Waals surface area contributed by atoms with Crippen molar-refractivity contribution in [2.24, 2.45) is 0 Å². The number of benzene rings is 1. The molecule has 3 heterocycles. The molecule has 1 aromatic carbocycles. The van der Waals surface area contributed by atoms with E-state index in [1.807, 2.05) is 0 Å². The van der Waals surface area contributed by atoms with Gasteiger partial charge in [0.05, 0.1) is 4.47 Å². The molecular weight excluding hydrogens is 432 g/mol. The van der Waals surface area contributed by atoms with Gasteiger partial charge in [0, 0.05) is 25.0 Å². The molecule has 1 aliphatic rings. The minimum atomic E-state index is -4.75. The van der Waals surface area contributed by atoms with Gasteiger partial charge in [-0.25, -0.2) is 13.9 Å². The summed E-state index contributed by atoms with van der Waals surface area (Å²) in [5, 5.41) is 4.03. The molecule has 10 heteroatoms. The van der Waals surface area contributed by atoms with Crippen LogP contribution in [0.4, 0.5) is 17.6 Å². The highest BCUT2D eigenvalue weighted by atomic mass is 79.9. The molecule has 0 saturated heterocycles. The van der Waals surface area contributed by atoms with Crippen LogP contribution in [-0.4, -0.2) is 38.1 Å². The maximum atomic E-state index is 14.0. The van der Waals surface area contributed by atoms with Crippen molar-refractivity contribution < 1.29 is 22.4 Å². The second-order valence-electron chi connectivity index (χ2n) is 6.10. The maximum absolute atomic E-state index is 14.0. The number of amides is 1. The van der Waals surface area contributed by atoms with Crippen molar-refractivity contribution in [3.8, 4) is 0 Å². The van der Waals surface area contributed by atoms with E-state index >= 15 is 0 Å². The molecule has 2 aromatic heterocycles. The van der Waals surface area contributed by atoms with Gasteiger partial charge in [-0.1, -0.05) is 12.1 Å². The predicted molar refractivity (Wildman–Crippen MR) is 90.6 cm³/mol. The summed E-state index contributed by atoms with van der Waals surface area (Å²) >= 11 is 3.21. The van der Waals surface area contributed by atoms with Gasteiger partial charge in [0.2, 0.25) is 0 Å².